The maximum Gasteiger partial charge on any atom is 0.255 e. The molecular formula is C17H26N2O2. The van der Waals surface area contributed by atoms with E-state index in [2.05, 4.69) is 17.1 Å². The summed E-state index contributed by atoms with van der Waals surface area (Å²) in [6.07, 6.45) is 4.65. The van der Waals surface area contributed by atoms with Crippen molar-refractivity contribution in [1.82, 2.24) is 10.2 Å². The van der Waals surface area contributed by atoms with Crippen molar-refractivity contribution in [2.45, 2.75) is 32.6 Å². The molecular weight excluding hydrogens is 264 g/mol. The van der Waals surface area contributed by atoms with Crippen molar-refractivity contribution < 1.29 is 9.53 Å². The first-order valence-electron chi connectivity index (χ1n) is 8.03. The van der Waals surface area contributed by atoms with Crippen molar-refractivity contribution in [3.63, 3.8) is 0 Å². The Hall–Kier alpha value is -1.55. The summed E-state index contributed by atoms with van der Waals surface area (Å²) in [4.78, 5) is 14.7. The maximum atomic E-state index is 12.3. The molecule has 0 radical (unpaired) electrons. The number of nitrogens with zero attached hydrogens (tertiary/aromatic N) is 1. The van der Waals surface area contributed by atoms with Gasteiger partial charge in [-0.05, 0) is 44.5 Å². The minimum atomic E-state index is -0.0405. The number of ether oxygens (including phenoxy) is 1. The van der Waals surface area contributed by atoms with Crippen molar-refractivity contribution in [3.05, 3.63) is 29.8 Å². The molecule has 1 N–H and O–H groups in total. The molecule has 0 spiro atoms. The van der Waals surface area contributed by atoms with Gasteiger partial charge in [-0.3, -0.25) is 4.79 Å². The minimum Gasteiger partial charge on any atom is -0.493 e. The SMILES string of the molecule is CCCCOc1ccccc1C(=O)NCCN1CCCC1. The molecule has 0 atom stereocenters. The first-order chi connectivity index (χ1) is 10.3. The second kappa shape index (κ2) is 8.67. The summed E-state index contributed by atoms with van der Waals surface area (Å²) in [7, 11) is 0. The monoisotopic (exact) mass is 290 g/mol. The van der Waals surface area contributed by atoms with Crippen LogP contribution in [0.3, 0.4) is 0 Å². The third-order valence-electron chi connectivity index (χ3n) is 3.80. The van der Waals surface area contributed by atoms with Crippen LogP contribution in [0.4, 0.5) is 0 Å². The molecule has 1 heterocycles. The second-order valence-corrected chi connectivity index (χ2v) is 5.50. The average Bonchev–Trinajstić information content (AvgIpc) is 3.01. The van der Waals surface area contributed by atoms with Crippen molar-refractivity contribution >= 4 is 5.91 Å². The summed E-state index contributed by atoms with van der Waals surface area (Å²) in [6.45, 7) is 6.74. The van der Waals surface area contributed by atoms with E-state index in [1.165, 1.54) is 12.8 Å². The van der Waals surface area contributed by atoms with Gasteiger partial charge in [-0.15, -0.1) is 0 Å². The predicted octanol–water partition coefficient (Wildman–Crippen LogP) is 2.69. The van der Waals surface area contributed by atoms with E-state index in [4.69, 9.17) is 4.74 Å². The quantitative estimate of drug-likeness (QED) is 0.748. The Balaban J connectivity index is 1.82. The highest BCUT2D eigenvalue weighted by atomic mass is 16.5. The fraction of sp³-hybridized carbons (Fsp3) is 0.588. The third-order valence-corrected chi connectivity index (χ3v) is 3.80. The Morgan fingerprint density at radius 1 is 1.29 bits per heavy atom. The fourth-order valence-corrected chi connectivity index (χ4v) is 2.54. The van der Waals surface area contributed by atoms with E-state index in [1.807, 2.05) is 24.3 Å². The molecule has 2 rings (SSSR count). The Bertz CT molecular complexity index is 442. The molecule has 1 saturated heterocycles. The molecule has 1 aliphatic rings. The molecule has 1 aliphatic heterocycles. The van der Waals surface area contributed by atoms with Gasteiger partial charge in [0.1, 0.15) is 5.75 Å². The summed E-state index contributed by atoms with van der Waals surface area (Å²) in [5.41, 5.74) is 0.634. The predicted molar refractivity (Wildman–Crippen MR) is 84.9 cm³/mol. The lowest BCUT2D eigenvalue weighted by molar-refractivity contribution is 0.0945. The maximum absolute atomic E-state index is 12.3. The van der Waals surface area contributed by atoms with Crippen LogP contribution >= 0.6 is 0 Å². The molecule has 0 aromatic heterocycles. The summed E-state index contributed by atoms with van der Waals surface area (Å²) < 4.78 is 5.71. The van der Waals surface area contributed by atoms with Crippen LogP contribution in [0.2, 0.25) is 0 Å². The number of likely N-dealkylation sites (tertiary alicyclic amines) is 1. The van der Waals surface area contributed by atoms with Crippen LogP contribution in [0.25, 0.3) is 0 Å². The number of hydrogen-bond donors (Lipinski definition) is 1. The summed E-state index contributed by atoms with van der Waals surface area (Å²) >= 11 is 0. The number of nitrogens with one attached hydrogen (secondary N) is 1. The van der Waals surface area contributed by atoms with Crippen LogP contribution in [-0.4, -0.2) is 43.6 Å². The molecule has 0 aliphatic carbocycles. The summed E-state index contributed by atoms with van der Waals surface area (Å²) in [6, 6.07) is 7.47. The van der Waals surface area contributed by atoms with Crippen molar-refractivity contribution in [1.29, 1.82) is 0 Å². The lowest BCUT2D eigenvalue weighted by Crippen LogP contribution is -2.33. The largest absolute Gasteiger partial charge is 0.493 e. The van der Waals surface area contributed by atoms with Crippen LogP contribution < -0.4 is 10.1 Å². The average molecular weight is 290 g/mol. The second-order valence-electron chi connectivity index (χ2n) is 5.50. The Kier molecular flexibility index (Phi) is 6.54. The van der Waals surface area contributed by atoms with Crippen LogP contribution in [0.5, 0.6) is 5.75 Å². The zero-order valence-corrected chi connectivity index (χ0v) is 12.9. The molecule has 0 saturated carbocycles. The number of hydrogen-bond acceptors (Lipinski definition) is 3. The summed E-state index contributed by atoms with van der Waals surface area (Å²) in [5.74, 6) is 0.644. The molecule has 4 heteroatoms. The zero-order chi connectivity index (χ0) is 14.9. The van der Waals surface area contributed by atoms with Gasteiger partial charge in [-0.2, -0.15) is 0 Å². The van der Waals surface area contributed by atoms with Gasteiger partial charge in [0.15, 0.2) is 0 Å². The standard InChI is InChI=1S/C17H26N2O2/c1-2-3-14-21-16-9-5-4-8-15(16)17(20)18-10-13-19-11-6-7-12-19/h4-5,8-9H,2-3,6-7,10-14H2,1H3,(H,18,20). The molecule has 0 unspecified atom stereocenters. The number of amides is 1. The number of para-hydroxylation sites is 1. The van der Waals surface area contributed by atoms with Crippen molar-refractivity contribution in [2.24, 2.45) is 0 Å². The van der Waals surface area contributed by atoms with Gasteiger partial charge < -0.3 is 15.0 Å². The first kappa shape index (κ1) is 15.8. The molecule has 0 bridgehead atoms. The van der Waals surface area contributed by atoms with Gasteiger partial charge in [-0.1, -0.05) is 25.5 Å². The lowest BCUT2D eigenvalue weighted by Gasteiger charge is -2.15. The van der Waals surface area contributed by atoms with Gasteiger partial charge in [0, 0.05) is 13.1 Å². The minimum absolute atomic E-state index is 0.0405. The number of unbranched alkanes of at least 4 members (excludes halogenated alkanes) is 1. The summed E-state index contributed by atoms with van der Waals surface area (Å²) in [5, 5.41) is 3.00. The van der Waals surface area contributed by atoms with Gasteiger partial charge >= 0.3 is 0 Å². The van der Waals surface area contributed by atoms with Gasteiger partial charge in [0.2, 0.25) is 0 Å². The van der Waals surface area contributed by atoms with Crippen molar-refractivity contribution in [3.8, 4) is 5.75 Å². The van der Waals surface area contributed by atoms with Crippen LogP contribution in [0.15, 0.2) is 24.3 Å². The third kappa shape index (κ3) is 5.05. The van der Waals surface area contributed by atoms with E-state index in [-0.39, 0.29) is 5.91 Å². The number of rotatable bonds is 8. The van der Waals surface area contributed by atoms with Crippen LogP contribution in [0, 0.1) is 0 Å². The van der Waals surface area contributed by atoms with E-state index in [9.17, 15) is 4.79 Å². The molecule has 1 fully saturated rings. The van der Waals surface area contributed by atoms with E-state index in [1.54, 1.807) is 0 Å². The Morgan fingerprint density at radius 2 is 2.05 bits per heavy atom. The van der Waals surface area contributed by atoms with Gasteiger partial charge in [0.05, 0.1) is 12.2 Å². The Labute approximate surface area is 127 Å². The van der Waals surface area contributed by atoms with Crippen LogP contribution in [0.1, 0.15) is 43.0 Å². The van der Waals surface area contributed by atoms with E-state index in [0.717, 1.165) is 32.5 Å². The fourth-order valence-electron chi connectivity index (χ4n) is 2.54. The molecule has 1 amide bonds. The van der Waals surface area contributed by atoms with Gasteiger partial charge in [0.25, 0.3) is 5.91 Å². The molecule has 4 nitrogen and oxygen atoms in total. The highest BCUT2D eigenvalue weighted by Crippen LogP contribution is 2.18. The smallest absolute Gasteiger partial charge is 0.255 e. The zero-order valence-electron chi connectivity index (χ0n) is 12.9. The van der Waals surface area contributed by atoms with E-state index >= 15 is 0 Å². The van der Waals surface area contributed by atoms with E-state index < -0.39 is 0 Å². The number of carbonyl (C=O) groups excluding carboxylic acids is 1. The number of carbonyl (C=O) groups is 1. The molecule has 1 aromatic rings. The molecule has 116 valence electrons. The topological polar surface area (TPSA) is 41.6 Å². The van der Waals surface area contributed by atoms with Crippen LogP contribution in [-0.2, 0) is 0 Å². The van der Waals surface area contributed by atoms with Crippen molar-refractivity contribution in [2.75, 3.05) is 32.8 Å². The van der Waals surface area contributed by atoms with E-state index in [0.29, 0.717) is 24.5 Å². The molecule has 1 aromatic carbocycles. The normalized spacial score (nSPS) is 15.1. The molecule has 21 heavy (non-hydrogen) atoms. The first-order valence-corrected chi connectivity index (χ1v) is 8.03. The number of benzene rings is 1. The highest BCUT2D eigenvalue weighted by molar-refractivity contribution is 5.96. The highest BCUT2D eigenvalue weighted by Gasteiger charge is 2.14. The Morgan fingerprint density at radius 3 is 2.81 bits per heavy atom. The lowest BCUT2D eigenvalue weighted by atomic mass is 10.2. The van der Waals surface area contributed by atoms with Gasteiger partial charge in [-0.25, -0.2) is 0 Å².